The molecule has 1 saturated carbocycles. The van der Waals surface area contributed by atoms with Crippen LogP contribution in [0.1, 0.15) is 25.7 Å². The molecule has 2 bridgehead atoms. The number of hydrogen-bond acceptors (Lipinski definition) is 3. The predicted molar refractivity (Wildman–Crippen MR) is 103 cm³/mol. The second kappa shape index (κ2) is 7.09. The minimum atomic E-state index is 0. The molecule has 1 N–H and O–H groups in total. The molecule has 3 nitrogen and oxygen atoms in total. The van der Waals surface area contributed by atoms with E-state index >= 15 is 0 Å². The van der Waals surface area contributed by atoms with Crippen LogP contribution in [0.3, 0.4) is 0 Å². The fourth-order valence-corrected chi connectivity index (χ4v) is 5.33. The van der Waals surface area contributed by atoms with Crippen LogP contribution in [0.4, 0.5) is 5.00 Å². The average molecular weight is 416 g/mol. The summed E-state index contributed by atoms with van der Waals surface area (Å²) in [6.07, 6.45) is 5.26. The molecule has 1 aromatic heterocycles. The molecule has 3 heterocycles. The number of carbonyl (C=O) groups excluding carboxylic acids is 1. The van der Waals surface area contributed by atoms with Gasteiger partial charge in [0.2, 0.25) is 5.91 Å². The maximum Gasteiger partial charge on any atom is 0.239 e. The number of nitrogens with zero attached hydrogens (tertiary/aromatic N) is 1. The number of thiophene rings is 1. The first-order valence-corrected chi connectivity index (χ1v) is 9.51. The van der Waals surface area contributed by atoms with Gasteiger partial charge < -0.3 is 5.32 Å². The van der Waals surface area contributed by atoms with Gasteiger partial charge in [-0.25, -0.2) is 0 Å². The van der Waals surface area contributed by atoms with E-state index in [1.54, 1.807) is 11.3 Å². The van der Waals surface area contributed by atoms with Crippen molar-refractivity contribution in [1.82, 2.24) is 4.90 Å². The Kier molecular flexibility index (Phi) is 5.31. The third-order valence-electron chi connectivity index (χ3n) is 4.92. The summed E-state index contributed by atoms with van der Waals surface area (Å²) in [5, 5.41) is 5.21. The summed E-state index contributed by atoms with van der Waals surface area (Å²) in [7, 11) is 0. The Bertz CT molecular complexity index is 712. The Morgan fingerprint density at radius 1 is 1.26 bits per heavy atom. The number of anilines is 1. The van der Waals surface area contributed by atoms with Gasteiger partial charge in [-0.15, -0.1) is 23.7 Å². The normalized spacial score (nSPS) is 23.7. The number of benzene rings is 1. The SMILES string of the molecule is Cl.O=C(CN1CC2CCC1CC2)Nc1cc2ccc(Br)cc2s1. The van der Waals surface area contributed by atoms with Crippen molar-refractivity contribution >= 4 is 60.7 Å². The molecule has 1 aliphatic carbocycles. The molecule has 23 heavy (non-hydrogen) atoms. The van der Waals surface area contributed by atoms with Crippen molar-refractivity contribution < 1.29 is 4.79 Å². The summed E-state index contributed by atoms with van der Waals surface area (Å²) in [4.78, 5) is 14.7. The molecule has 5 rings (SSSR count). The van der Waals surface area contributed by atoms with Crippen molar-refractivity contribution in [3.05, 3.63) is 28.7 Å². The number of carbonyl (C=O) groups is 1. The van der Waals surface area contributed by atoms with Crippen molar-refractivity contribution in [2.45, 2.75) is 31.7 Å². The lowest BCUT2D eigenvalue weighted by Crippen LogP contribution is -2.50. The molecule has 0 unspecified atom stereocenters. The van der Waals surface area contributed by atoms with Gasteiger partial charge in [-0.05, 0) is 55.2 Å². The van der Waals surface area contributed by atoms with Crippen LogP contribution in [0, 0.1) is 5.92 Å². The standard InChI is InChI=1S/C17H19BrN2OS.ClH/c18-13-4-3-12-7-17(22-15(12)8-13)19-16(21)10-20-9-11-1-5-14(20)6-2-11;/h3-4,7-8,11,14H,1-2,5-6,9-10H2,(H,19,21);1H. The van der Waals surface area contributed by atoms with Crippen molar-refractivity contribution in [2.75, 3.05) is 18.4 Å². The predicted octanol–water partition coefficient (Wildman–Crippen LogP) is 4.90. The summed E-state index contributed by atoms with van der Waals surface area (Å²) >= 11 is 5.13. The number of halogens is 2. The maximum absolute atomic E-state index is 12.3. The zero-order chi connectivity index (χ0) is 15.1. The van der Waals surface area contributed by atoms with E-state index < -0.39 is 0 Å². The quantitative estimate of drug-likeness (QED) is 0.773. The minimum absolute atomic E-state index is 0. The van der Waals surface area contributed by atoms with Crippen molar-refractivity contribution in [1.29, 1.82) is 0 Å². The van der Waals surface area contributed by atoms with Crippen LogP contribution in [-0.4, -0.2) is 29.9 Å². The fourth-order valence-electron chi connectivity index (χ4n) is 3.79. The van der Waals surface area contributed by atoms with Gasteiger partial charge in [0.05, 0.1) is 11.5 Å². The van der Waals surface area contributed by atoms with E-state index in [-0.39, 0.29) is 18.3 Å². The van der Waals surface area contributed by atoms with E-state index in [0.29, 0.717) is 12.6 Å². The molecule has 0 atom stereocenters. The summed E-state index contributed by atoms with van der Waals surface area (Å²) in [5.74, 6) is 0.942. The third kappa shape index (κ3) is 3.73. The molecule has 0 radical (unpaired) electrons. The first kappa shape index (κ1) is 17.2. The van der Waals surface area contributed by atoms with Gasteiger partial charge in [-0.1, -0.05) is 22.0 Å². The number of nitrogens with one attached hydrogen (secondary N) is 1. The maximum atomic E-state index is 12.3. The van der Waals surface area contributed by atoms with Gasteiger partial charge in [-0.2, -0.15) is 0 Å². The molecule has 3 aliphatic rings. The number of piperidine rings is 2. The highest BCUT2D eigenvalue weighted by Gasteiger charge is 2.34. The molecule has 3 fully saturated rings. The zero-order valence-electron chi connectivity index (χ0n) is 12.8. The monoisotopic (exact) mass is 414 g/mol. The van der Waals surface area contributed by atoms with Crippen LogP contribution in [0.15, 0.2) is 28.7 Å². The Labute approximate surface area is 155 Å². The number of amides is 1. The Hall–Kier alpha value is -0.620. The van der Waals surface area contributed by atoms with Gasteiger partial charge in [0.1, 0.15) is 0 Å². The molecule has 2 aromatic rings. The van der Waals surface area contributed by atoms with E-state index in [1.165, 1.54) is 35.8 Å². The van der Waals surface area contributed by atoms with Gasteiger partial charge in [-0.3, -0.25) is 9.69 Å². The van der Waals surface area contributed by atoms with Crippen LogP contribution in [0.25, 0.3) is 10.1 Å². The summed E-state index contributed by atoms with van der Waals surface area (Å²) in [5.41, 5.74) is 0. The lowest BCUT2D eigenvalue weighted by molar-refractivity contribution is -0.119. The largest absolute Gasteiger partial charge is 0.317 e. The highest BCUT2D eigenvalue weighted by Crippen LogP contribution is 2.35. The van der Waals surface area contributed by atoms with E-state index in [4.69, 9.17) is 0 Å². The number of fused-ring (bicyclic) bond motifs is 4. The average Bonchev–Trinajstić information content (AvgIpc) is 2.89. The summed E-state index contributed by atoms with van der Waals surface area (Å²) < 4.78 is 2.27. The molecule has 0 spiro atoms. The minimum Gasteiger partial charge on any atom is -0.317 e. The Balaban J connectivity index is 0.00000156. The molecular weight excluding hydrogens is 396 g/mol. The molecular formula is C17H20BrClN2OS. The van der Waals surface area contributed by atoms with Crippen LogP contribution < -0.4 is 5.32 Å². The second-order valence-electron chi connectivity index (χ2n) is 6.44. The zero-order valence-corrected chi connectivity index (χ0v) is 16.0. The Morgan fingerprint density at radius 2 is 2.04 bits per heavy atom. The van der Waals surface area contributed by atoms with Gasteiger partial charge in [0, 0.05) is 21.8 Å². The van der Waals surface area contributed by atoms with Crippen LogP contribution in [-0.2, 0) is 4.79 Å². The van der Waals surface area contributed by atoms with Crippen molar-refractivity contribution in [3.63, 3.8) is 0 Å². The van der Waals surface area contributed by atoms with Crippen LogP contribution >= 0.6 is 39.7 Å². The van der Waals surface area contributed by atoms with Crippen LogP contribution in [0.2, 0.25) is 0 Å². The Morgan fingerprint density at radius 3 is 2.74 bits per heavy atom. The molecule has 6 heteroatoms. The lowest BCUT2D eigenvalue weighted by Gasteiger charge is -2.44. The third-order valence-corrected chi connectivity index (χ3v) is 6.42. The van der Waals surface area contributed by atoms with Crippen molar-refractivity contribution in [3.8, 4) is 0 Å². The lowest BCUT2D eigenvalue weighted by atomic mass is 9.80. The van der Waals surface area contributed by atoms with Crippen molar-refractivity contribution in [2.24, 2.45) is 5.92 Å². The highest BCUT2D eigenvalue weighted by molar-refractivity contribution is 9.10. The number of rotatable bonds is 3. The topological polar surface area (TPSA) is 32.3 Å². The first-order valence-electron chi connectivity index (χ1n) is 7.90. The second-order valence-corrected chi connectivity index (χ2v) is 8.44. The number of hydrogen-bond donors (Lipinski definition) is 1. The molecule has 2 aliphatic heterocycles. The van der Waals surface area contributed by atoms with Gasteiger partial charge >= 0.3 is 0 Å². The molecule has 2 saturated heterocycles. The van der Waals surface area contributed by atoms with Gasteiger partial charge in [0.25, 0.3) is 0 Å². The molecule has 1 aromatic carbocycles. The smallest absolute Gasteiger partial charge is 0.239 e. The van der Waals surface area contributed by atoms with Gasteiger partial charge in [0.15, 0.2) is 0 Å². The summed E-state index contributed by atoms with van der Waals surface area (Å²) in [6, 6.07) is 8.90. The highest BCUT2D eigenvalue weighted by atomic mass is 79.9. The first-order chi connectivity index (χ1) is 10.7. The van der Waals surface area contributed by atoms with Crippen LogP contribution in [0.5, 0.6) is 0 Å². The molecule has 124 valence electrons. The van der Waals surface area contributed by atoms with E-state index in [9.17, 15) is 4.79 Å². The van der Waals surface area contributed by atoms with E-state index in [2.05, 4.69) is 44.3 Å². The fraction of sp³-hybridized carbons (Fsp3) is 0.471. The molecule has 1 amide bonds. The van der Waals surface area contributed by atoms with E-state index in [0.717, 1.165) is 21.9 Å². The summed E-state index contributed by atoms with van der Waals surface area (Å²) in [6.45, 7) is 1.65. The van der Waals surface area contributed by atoms with E-state index in [1.807, 2.05) is 6.07 Å².